The van der Waals surface area contributed by atoms with Gasteiger partial charge < -0.3 is 10.6 Å². The lowest BCUT2D eigenvalue weighted by Gasteiger charge is -2.42. The van der Waals surface area contributed by atoms with Gasteiger partial charge in [0.25, 0.3) is 5.91 Å². The Morgan fingerprint density at radius 1 is 0.966 bits per heavy atom. The number of carbonyl (C=O) groups is 1. The summed E-state index contributed by atoms with van der Waals surface area (Å²) >= 11 is 0. The number of rotatable bonds is 5. The Balaban J connectivity index is 1.50. The molecule has 0 spiro atoms. The first kappa shape index (κ1) is 19.8. The Hall–Kier alpha value is -2.51. The van der Waals surface area contributed by atoms with Crippen molar-refractivity contribution in [2.24, 2.45) is 11.7 Å². The van der Waals surface area contributed by atoms with E-state index in [1.165, 1.54) is 19.3 Å². The summed E-state index contributed by atoms with van der Waals surface area (Å²) in [7, 11) is 0. The van der Waals surface area contributed by atoms with E-state index in [1.54, 1.807) is 12.4 Å². The number of hydrogen-bond acceptors (Lipinski definition) is 6. The summed E-state index contributed by atoms with van der Waals surface area (Å²) in [4.78, 5) is 24.4. The molecular formula is C22H30N6O. The Kier molecular flexibility index (Phi) is 6.36. The van der Waals surface area contributed by atoms with E-state index in [-0.39, 0.29) is 11.8 Å². The number of carbonyl (C=O) groups excluding carboxylic acids is 1. The van der Waals surface area contributed by atoms with Crippen molar-refractivity contribution in [3.8, 4) is 0 Å². The van der Waals surface area contributed by atoms with Crippen molar-refractivity contribution in [3.05, 3.63) is 48.8 Å². The first-order valence-electron chi connectivity index (χ1n) is 10.7. The van der Waals surface area contributed by atoms with Gasteiger partial charge in [-0.1, -0.05) is 37.5 Å². The van der Waals surface area contributed by atoms with Crippen LogP contribution in [0.15, 0.2) is 48.8 Å². The number of hydrazine groups is 1. The van der Waals surface area contributed by atoms with Crippen LogP contribution in [0.2, 0.25) is 0 Å². The van der Waals surface area contributed by atoms with Gasteiger partial charge in [0.05, 0.1) is 11.7 Å². The maximum absolute atomic E-state index is 13.5. The van der Waals surface area contributed by atoms with Crippen LogP contribution in [0.4, 0.5) is 11.6 Å². The summed E-state index contributed by atoms with van der Waals surface area (Å²) in [5, 5.41) is 3.95. The molecule has 2 aliphatic rings. The standard InChI is InChI=1S/C22H30N6O/c23-20(18-8-3-1-4-9-18)21(29)28(19-10-5-2-6-11-19)27-16-14-26(15-17-27)22-24-12-7-13-25-22/h2,5-7,10-13,18,20H,1,3-4,8-9,14-17,23H2. The van der Waals surface area contributed by atoms with Crippen LogP contribution in [0.1, 0.15) is 32.1 Å². The van der Waals surface area contributed by atoms with Gasteiger partial charge in [-0.05, 0) is 37.0 Å². The Morgan fingerprint density at radius 3 is 2.28 bits per heavy atom. The van der Waals surface area contributed by atoms with Gasteiger partial charge in [0.15, 0.2) is 0 Å². The van der Waals surface area contributed by atoms with Crippen LogP contribution in [0, 0.1) is 5.92 Å². The second-order valence-electron chi connectivity index (χ2n) is 7.90. The highest BCUT2D eigenvalue weighted by Gasteiger charge is 2.34. The maximum atomic E-state index is 13.5. The van der Waals surface area contributed by atoms with Gasteiger partial charge in [-0.2, -0.15) is 0 Å². The summed E-state index contributed by atoms with van der Waals surface area (Å²) < 4.78 is 0. The van der Waals surface area contributed by atoms with Gasteiger partial charge in [-0.15, -0.1) is 0 Å². The third-order valence-electron chi connectivity index (χ3n) is 6.03. The van der Waals surface area contributed by atoms with Crippen LogP contribution in [-0.4, -0.2) is 53.1 Å². The fourth-order valence-corrected chi connectivity index (χ4v) is 4.39. The number of nitrogens with zero attached hydrogens (tertiary/aromatic N) is 5. The minimum absolute atomic E-state index is 0.00695. The third-order valence-corrected chi connectivity index (χ3v) is 6.03. The Bertz CT molecular complexity index is 772. The zero-order valence-corrected chi connectivity index (χ0v) is 16.9. The quantitative estimate of drug-likeness (QED) is 0.839. The van der Waals surface area contributed by atoms with Crippen molar-refractivity contribution in [3.63, 3.8) is 0 Å². The predicted octanol–water partition coefficient (Wildman–Crippen LogP) is 2.45. The number of amides is 1. The van der Waals surface area contributed by atoms with Crippen LogP contribution in [0.3, 0.4) is 0 Å². The molecule has 1 atom stereocenters. The van der Waals surface area contributed by atoms with E-state index in [2.05, 4.69) is 19.9 Å². The summed E-state index contributed by atoms with van der Waals surface area (Å²) in [6.45, 7) is 2.96. The molecule has 1 saturated heterocycles. The molecule has 1 aromatic carbocycles. The number of piperazine rings is 1. The van der Waals surface area contributed by atoms with Crippen molar-refractivity contribution in [2.45, 2.75) is 38.1 Å². The molecule has 7 nitrogen and oxygen atoms in total. The molecule has 2 aromatic rings. The largest absolute Gasteiger partial charge is 0.338 e. The van der Waals surface area contributed by atoms with E-state index in [0.717, 1.165) is 50.7 Å². The molecule has 29 heavy (non-hydrogen) atoms. The molecule has 1 amide bonds. The number of aromatic nitrogens is 2. The highest BCUT2D eigenvalue weighted by molar-refractivity contribution is 5.96. The second kappa shape index (κ2) is 9.33. The van der Waals surface area contributed by atoms with E-state index in [0.29, 0.717) is 0 Å². The molecule has 4 rings (SSSR count). The van der Waals surface area contributed by atoms with Crippen LogP contribution in [0.5, 0.6) is 0 Å². The molecule has 154 valence electrons. The lowest BCUT2D eigenvalue weighted by atomic mass is 9.84. The second-order valence-corrected chi connectivity index (χ2v) is 7.90. The fourth-order valence-electron chi connectivity index (χ4n) is 4.39. The normalized spacial score (nSPS) is 19.7. The summed E-state index contributed by atoms with van der Waals surface area (Å²) in [5.41, 5.74) is 7.39. The Morgan fingerprint density at radius 2 is 1.62 bits per heavy atom. The summed E-state index contributed by atoms with van der Waals surface area (Å²) in [6.07, 6.45) is 9.22. The zero-order chi connectivity index (χ0) is 20.1. The fraction of sp³-hybridized carbons (Fsp3) is 0.500. The first-order chi connectivity index (χ1) is 14.2. The zero-order valence-electron chi connectivity index (χ0n) is 16.9. The monoisotopic (exact) mass is 394 g/mol. The van der Waals surface area contributed by atoms with E-state index in [1.807, 2.05) is 41.4 Å². The van der Waals surface area contributed by atoms with Crippen LogP contribution >= 0.6 is 0 Å². The number of anilines is 2. The van der Waals surface area contributed by atoms with Crippen molar-refractivity contribution in [2.75, 3.05) is 36.1 Å². The lowest BCUT2D eigenvalue weighted by Crippen LogP contribution is -2.60. The van der Waals surface area contributed by atoms with Crippen molar-refractivity contribution in [1.29, 1.82) is 0 Å². The number of benzene rings is 1. The maximum Gasteiger partial charge on any atom is 0.258 e. The number of nitrogens with two attached hydrogens (primary N) is 1. The third kappa shape index (κ3) is 4.57. The topological polar surface area (TPSA) is 78.6 Å². The van der Waals surface area contributed by atoms with Crippen molar-refractivity contribution in [1.82, 2.24) is 15.0 Å². The highest BCUT2D eigenvalue weighted by atomic mass is 16.2. The average molecular weight is 395 g/mol. The van der Waals surface area contributed by atoms with E-state index < -0.39 is 6.04 Å². The molecule has 1 aromatic heterocycles. The SMILES string of the molecule is NC(C(=O)N(c1ccccc1)N1CCN(c2ncccn2)CC1)C1CCCCC1. The van der Waals surface area contributed by atoms with Crippen LogP contribution in [0.25, 0.3) is 0 Å². The summed E-state index contributed by atoms with van der Waals surface area (Å²) in [6, 6.07) is 11.2. The molecule has 0 radical (unpaired) electrons. The Labute approximate surface area is 172 Å². The molecule has 1 unspecified atom stereocenters. The van der Waals surface area contributed by atoms with Gasteiger partial charge in [-0.3, -0.25) is 4.79 Å². The van der Waals surface area contributed by atoms with Crippen LogP contribution < -0.4 is 15.6 Å². The van der Waals surface area contributed by atoms with Gasteiger partial charge in [0.2, 0.25) is 5.95 Å². The van der Waals surface area contributed by atoms with Gasteiger partial charge >= 0.3 is 0 Å². The number of hydrogen-bond donors (Lipinski definition) is 1. The average Bonchev–Trinajstić information content (AvgIpc) is 2.81. The molecular weight excluding hydrogens is 364 g/mol. The highest BCUT2D eigenvalue weighted by Crippen LogP contribution is 2.28. The predicted molar refractivity (Wildman–Crippen MR) is 114 cm³/mol. The van der Waals surface area contributed by atoms with E-state index in [4.69, 9.17) is 5.73 Å². The molecule has 2 N–H and O–H groups in total. The van der Waals surface area contributed by atoms with Gasteiger partial charge in [-0.25, -0.2) is 20.0 Å². The molecule has 2 heterocycles. The molecule has 1 aliphatic heterocycles. The minimum Gasteiger partial charge on any atom is -0.338 e. The molecule has 7 heteroatoms. The van der Waals surface area contributed by atoms with E-state index in [9.17, 15) is 4.79 Å². The van der Waals surface area contributed by atoms with Crippen LogP contribution in [-0.2, 0) is 4.79 Å². The smallest absolute Gasteiger partial charge is 0.258 e. The van der Waals surface area contributed by atoms with E-state index >= 15 is 0 Å². The molecule has 2 fully saturated rings. The lowest BCUT2D eigenvalue weighted by molar-refractivity contribution is -0.124. The molecule has 1 aliphatic carbocycles. The number of para-hydroxylation sites is 1. The van der Waals surface area contributed by atoms with Crippen molar-refractivity contribution >= 4 is 17.5 Å². The minimum atomic E-state index is -0.453. The molecule has 0 bridgehead atoms. The van der Waals surface area contributed by atoms with Gasteiger partial charge in [0, 0.05) is 38.6 Å². The molecule has 1 saturated carbocycles. The first-order valence-corrected chi connectivity index (χ1v) is 10.7. The van der Waals surface area contributed by atoms with Gasteiger partial charge in [0.1, 0.15) is 0 Å². The van der Waals surface area contributed by atoms with Crippen molar-refractivity contribution < 1.29 is 4.79 Å². The summed E-state index contributed by atoms with van der Waals surface area (Å²) in [5.74, 6) is 1.03.